The number of hydrogen-bond donors (Lipinski definition) is 1. The van der Waals surface area contributed by atoms with Gasteiger partial charge in [0.1, 0.15) is 6.10 Å². The largest absolute Gasteiger partial charge is 0.474 e. The van der Waals surface area contributed by atoms with Gasteiger partial charge in [-0.15, -0.1) is 11.3 Å². The van der Waals surface area contributed by atoms with E-state index < -0.39 is 17.6 Å². The molecule has 2 aromatic heterocycles. The summed E-state index contributed by atoms with van der Waals surface area (Å²) in [4.78, 5) is 29.8. The highest BCUT2D eigenvalue weighted by atomic mass is 32.1. The van der Waals surface area contributed by atoms with Crippen molar-refractivity contribution in [3.8, 4) is 5.88 Å². The quantitative estimate of drug-likeness (QED) is 0.749. The van der Waals surface area contributed by atoms with Gasteiger partial charge in [0.05, 0.1) is 27.4 Å². The number of carbonyl (C=O) groups excluding carboxylic acids is 2. The molecule has 1 saturated carbocycles. The van der Waals surface area contributed by atoms with Crippen molar-refractivity contribution in [2.45, 2.75) is 45.1 Å². The Hall–Kier alpha value is -2.56. The molecule has 3 heterocycles. The number of thiophene rings is 1. The summed E-state index contributed by atoms with van der Waals surface area (Å²) in [6.45, 7) is 4.65. The molecule has 0 atom stereocenters. The van der Waals surface area contributed by atoms with Crippen molar-refractivity contribution in [2.24, 2.45) is 5.41 Å². The van der Waals surface area contributed by atoms with E-state index in [0.717, 1.165) is 17.4 Å². The van der Waals surface area contributed by atoms with E-state index in [1.807, 2.05) is 0 Å². The zero-order chi connectivity index (χ0) is 22.6. The van der Waals surface area contributed by atoms with Crippen LogP contribution in [0.15, 0.2) is 11.4 Å². The lowest BCUT2D eigenvalue weighted by Gasteiger charge is -2.57. The number of carbonyl (C=O) groups is 2. The molecule has 2 aromatic rings. The molecule has 2 fully saturated rings. The van der Waals surface area contributed by atoms with Crippen LogP contribution in [0.5, 0.6) is 5.88 Å². The van der Waals surface area contributed by atoms with Crippen molar-refractivity contribution in [3.05, 3.63) is 22.6 Å². The second-order valence-corrected chi connectivity index (χ2v) is 9.23. The van der Waals surface area contributed by atoms with E-state index in [9.17, 15) is 22.8 Å². The van der Waals surface area contributed by atoms with E-state index in [2.05, 4.69) is 10.3 Å². The number of nitrogens with zero attached hydrogens (tertiary/aromatic N) is 2. The number of amides is 2. The summed E-state index contributed by atoms with van der Waals surface area (Å²) < 4.78 is 51.6. The standard InChI is InChI=1S/C20H22F3N3O4S/c1-10(2)29-18(28)26-8-19(9-26)5-11(6-19)30-14-4-13(20(21,22)23)16-15(25-14)12(7-31-16)17(27)24-3/h4,7,10-11H,5-6,8-9H2,1-3H3,(H,24,27). The molecule has 7 nitrogen and oxygen atoms in total. The molecule has 1 aliphatic carbocycles. The number of nitrogens with one attached hydrogen (secondary N) is 1. The lowest BCUT2D eigenvalue weighted by atomic mass is 9.62. The average Bonchev–Trinajstić information content (AvgIpc) is 3.03. The van der Waals surface area contributed by atoms with Crippen LogP contribution in [0, 0.1) is 5.41 Å². The summed E-state index contributed by atoms with van der Waals surface area (Å²) in [7, 11) is 1.41. The predicted octanol–water partition coefficient (Wildman–Crippen LogP) is 4.06. The Morgan fingerprint density at radius 3 is 2.58 bits per heavy atom. The van der Waals surface area contributed by atoms with Gasteiger partial charge >= 0.3 is 12.3 Å². The maximum atomic E-state index is 13.6. The molecule has 2 amide bonds. The van der Waals surface area contributed by atoms with Crippen LogP contribution < -0.4 is 10.1 Å². The first-order chi connectivity index (χ1) is 14.5. The molecule has 1 saturated heterocycles. The highest BCUT2D eigenvalue weighted by Gasteiger charge is 2.55. The van der Waals surface area contributed by atoms with Crippen molar-refractivity contribution >= 4 is 33.6 Å². The molecule has 11 heteroatoms. The Morgan fingerprint density at radius 1 is 1.32 bits per heavy atom. The van der Waals surface area contributed by atoms with E-state index in [1.54, 1.807) is 18.7 Å². The summed E-state index contributed by atoms with van der Waals surface area (Å²) in [5, 5.41) is 3.78. The van der Waals surface area contributed by atoms with Crippen molar-refractivity contribution in [2.75, 3.05) is 20.1 Å². The van der Waals surface area contributed by atoms with Gasteiger partial charge in [0.15, 0.2) is 0 Å². The van der Waals surface area contributed by atoms with Crippen molar-refractivity contribution in [3.63, 3.8) is 0 Å². The lowest BCUT2D eigenvalue weighted by Crippen LogP contribution is -2.66. The zero-order valence-corrected chi connectivity index (χ0v) is 18.0. The highest BCUT2D eigenvalue weighted by molar-refractivity contribution is 7.17. The van der Waals surface area contributed by atoms with Gasteiger partial charge < -0.3 is 19.7 Å². The fourth-order valence-electron chi connectivity index (χ4n) is 4.14. The molecule has 0 aromatic carbocycles. The second kappa shape index (κ2) is 7.54. The molecule has 2 aliphatic rings. The van der Waals surface area contributed by atoms with Gasteiger partial charge in [-0.05, 0) is 26.7 Å². The number of alkyl halides is 3. The summed E-state index contributed by atoms with van der Waals surface area (Å²) in [5.74, 6) is -0.659. The first-order valence-electron chi connectivity index (χ1n) is 9.85. The van der Waals surface area contributed by atoms with Crippen LogP contribution in [0.3, 0.4) is 0 Å². The number of aromatic nitrogens is 1. The zero-order valence-electron chi connectivity index (χ0n) is 17.2. The Balaban J connectivity index is 1.48. The first kappa shape index (κ1) is 21.7. The minimum Gasteiger partial charge on any atom is -0.474 e. The van der Waals surface area contributed by atoms with Crippen LogP contribution in [0.4, 0.5) is 18.0 Å². The van der Waals surface area contributed by atoms with Crippen LogP contribution in [-0.4, -0.2) is 54.2 Å². The second-order valence-electron chi connectivity index (χ2n) is 8.35. The summed E-state index contributed by atoms with van der Waals surface area (Å²) in [6.07, 6.45) is -4.21. The van der Waals surface area contributed by atoms with Crippen molar-refractivity contribution in [1.29, 1.82) is 0 Å². The van der Waals surface area contributed by atoms with Gasteiger partial charge in [-0.25, -0.2) is 9.78 Å². The lowest BCUT2D eigenvalue weighted by molar-refractivity contribution is -0.136. The van der Waals surface area contributed by atoms with Gasteiger partial charge in [-0.1, -0.05) is 0 Å². The molecule has 0 radical (unpaired) electrons. The average molecular weight is 457 g/mol. The van der Waals surface area contributed by atoms with E-state index >= 15 is 0 Å². The van der Waals surface area contributed by atoms with Gasteiger partial charge in [0.2, 0.25) is 5.88 Å². The SMILES string of the molecule is CNC(=O)c1csc2c(C(F)(F)F)cc(OC3CC4(C3)CN(C(=O)OC(C)C)C4)nc12. The third kappa shape index (κ3) is 4.02. The summed E-state index contributed by atoms with van der Waals surface area (Å²) >= 11 is 0.830. The fraction of sp³-hybridized carbons (Fsp3) is 0.550. The van der Waals surface area contributed by atoms with Crippen LogP contribution in [0.1, 0.15) is 42.6 Å². The minimum atomic E-state index is -4.60. The Morgan fingerprint density at radius 2 is 2.00 bits per heavy atom. The molecule has 4 rings (SSSR count). The maximum Gasteiger partial charge on any atom is 0.418 e. The molecular weight excluding hydrogens is 435 g/mol. The first-order valence-corrected chi connectivity index (χ1v) is 10.7. The molecule has 0 unspecified atom stereocenters. The van der Waals surface area contributed by atoms with E-state index in [-0.39, 0.29) is 45.4 Å². The third-order valence-corrected chi connectivity index (χ3v) is 6.53. The third-order valence-electron chi connectivity index (χ3n) is 5.53. The number of hydrogen-bond acceptors (Lipinski definition) is 6. The number of pyridine rings is 1. The maximum absolute atomic E-state index is 13.6. The Bertz CT molecular complexity index is 1020. The topological polar surface area (TPSA) is 80.8 Å². The Kier molecular flexibility index (Phi) is 5.27. The van der Waals surface area contributed by atoms with Crippen molar-refractivity contribution < 1.29 is 32.2 Å². The Labute approximate surface area is 180 Å². The predicted molar refractivity (Wildman–Crippen MR) is 107 cm³/mol. The van der Waals surface area contributed by atoms with Crippen LogP contribution in [-0.2, 0) is 10.9 Å². The van der Waals surface area contributed by atoms with Gasteiger partial charge in [-0.2, -0.15) is 13.2 Å². The molecule has 168 valence electrons. The molecule has 0 bridgehead atoms. The van der Waals surface area contributed by atoms with Gasteiger partial charge in [-0.3, -0.25) is 4.79 Å². The van der Waals surface area contributed by atoms with Crippen LogP contribution >= 0.6 is 11.3 Å². The van der Waals surface area contributed by atoms with E-state index in [1.165, 1.54) is 12.4 Å². The summed E-state index contributed by atoms with van der Waals surface area (Å²) in [5.41, 5.74) is -0.878. The molecule has 1 N–H and O–H groups in total. The molecule has 31 heavy (non-hydrogen) atoms. The van der Waals surface area contributed by atoms with Crippen LogP contribution in [0.25, 0.3) is 10.2 Å². The smallest absolute Gasteiger partial charge is 0.418 e. The number of likely N-dealkylation sites (tertiary alicyclic amines) is 1. The van der Waals surface area contributed by atoms with E-state index in [0.29, 0.717) is 25.9 Å². The highest BCUT2D eigenvalue weighted by Crippen LogP contribution is 2.50. The molecule has 1 aliphatic heterocycles. The van der Waals surface area contributed by atoms with Gasteiger partial charge in [0.25, 0.3) is 5.91 Å². The number of fused-ring (bicyclic) bond motifs is 1. The number of rotatable bonds is 4. The minimum absolute atomic E-state index is 0.0190. The normalized spacial score (nSPS) is 18.1. The monoisotopic (exact) mass is 457 g/mol. The molecular formula is C20H22F3N3O4S. The van der Waals surface area contributed by atoms with Crippen LogP contribution in [0.2, 0.25) is 0 Å². The molecule has 1 spiro atoms. The summed E-state index contributed by atoms with van der Waals surface area (Å²) in [6, 6.07) is 0.893. The number of ether oxygens (including phenoxy) is 2. The van der Waals surface area contributed by atoms with Crippen molar-refractivity contribution in [1.82, 2.24) is 15.2 Å². The number of halogens is 3. The van der Waals surface area contributed by atoms with E-state index in [4.69, 9.17) is 9.47 Å². The fourth-order valence-corrected chi connectivity index (χ4v) is 5.16. The van der Waals surface area contributed by atoms with Gasteiger partial charge in [0, 0.05) is 37.0 Å².